The monoisotopic (exact) mass is 314 g/mol. The molecule has 0 aromatic heterocycles. The van der Waals surface area contributed by atoms with Crippen molar-refractivity contribution in [1.82, 2.24) is 5.32 Å². The highest BCUT2D eigenvalue weighted by Crippen LogP contribution is 2.20. The lowest BCUT2D eigenvalue weighted by Crippen LogP contribution is -2.42. The van der Waals surface area contributed by atoms with Crippen LogP contribution in [-0.2, 0) is 13.2 Å². The molecule has 0 bridgehead atoms. The van der Waals surface area contributed by atoms with Gasteiger partial charge in [0.25, 0.3) is 0 Å². The van der Waals surface area contributed by atoms with E-state index in [1.54, 1.807) is 12.1 Å². The third-order valence-corrected chi connectivity index (χ3v) is 4.49. The van der Waals surface area contributed by atoms with Crippen LogP contribution in [0.1, 0.15) is 24.0 Å². The van der Waals surface area contributed by atoms with Crippen molar-refractivity contribution >= 4 is 5.69 Å². The lowest BCUT2D eigenvalue weighted by Gasteiger charge is -2.34. The van der Waals surface area contributed by atoms with Crippen molar-refractivity contribution < 1.29 is 9.50 Å². The standard InChI is InChI=1S/C19H23FN2O/c20-19-7-6-15(12-16(19)14-23)13-21-17-8-10-22(11-9-17)18-4-2-1-3-5-18/h1-7,12,17,21,23H,8-11,13-14H2. The third kappa shape index (κ3) is 4.09. The Bertz CT molecular complexity index is 625. The molecule has 2 aromatic rings. The largest absolute Gasteiger partial charge is 0.392 e. The van der Waals surface area contributed by atoms with Gasteiger partial charge in [-0.15, -0.1) is 0 Å². The summed E-state index contributed by atoms with van der Waals surface area (Å²) in [6.45, 7) is 2.55. The molecule has 1 fully saturated rings. The fourth-order valence-corrected chi connectivity index (χ4v) is 3.10. The van der Waals surface area contributed by atoms with Gasteiger partial charge in [-0.2, -0.15) is 0 Å². The minimum absolute atomic E-state index is 0.255. The van der Waals surface area contributed by atoms with Gasteiger partial charge in [0, 0.05) is 36.9 Å². The second-order valence-electron chi connectivity index (χ2n) is 6.06. The Morgan fingerprint density at radius 3 is 2.52 bits per heavy atom. The van der Waals surface area contributed by atoms with Crippen molar-refractivity contribution in [2.75, 3.05) is 18.0 Å². The average Bonchev–Trinajstić information content (AvgIpc) is 2.62. The normalized spacial score (nSPS) is 15.8. The molecule has 0 saturated carbocycles. The van der Waals surface area contributed by atoms with E-state index in [1.807, 2.05) is 6.07 Å². The van der Waals surface area contributed by atoms with Crippen LogP contribution in [0.4, 0.5) is 10.1 Å². The predicted octanol–water partition coefficient (Wildman–Crippen LogP) is 3.08. The first kappa shape index (κ1) is 16.0. The Balaban J connectivity index is 1.49. The van der Waals surface area contributed by atoms with Gasteiger partial charge in [0.05, 0.1) is 6.61 Å². The van der Waals surface area contributed by atoms with E-state index in [-0.39, 0.29) is 12.4 Å². The van der Waals surface area contributed by atoms with Crippen molar-refractivity contribution in [3.63, 3.8) is 0 Å². The first-order valence-electron chi connectivity index (χ1n) is 8.18. The molecule has 0 aliphatic carbocycles. The maximum Gasteiger partial charge on any atom is 0.128 e. The predicted molar refractivity (Wildman–Crippen MR) is 90.8 cm³/mol. The lowest BCUT2D eigenvalue weighted by molar-refractivity contribution is 0.275. The van der Waals surface area contributed by atoms with Crippen molar-refractivity contribution in [3.05, 3.63) is 65.5 Å². The summed E-state index contributed by atoms with van der Waals surface area (Å²) in [6.07, 6.45) is 2.20. The van der Waals surface area contributed by atoms with Crippen molar-refractivity contribution in [1.29, 1.82) is 0 Å². The quantitative estimate of drug-likeness (QED) is 0.890. The van der Waals surface area contributed by atoms with Gasteiger partial charge < -0.3 is 15.3 Å². The zero-order valence-corrected chi connectivity index (χ0v) is 13.2. The van der Waals surface area contributed by atoms with Crippen LogP contribution < -0.4 is 10.2 Å². The van der Waals surface area contributed by atoms with Gasteiger partial charge in [0.2, 0.25) is 0 Å². The average molecular weight is 314 g/mol. The van der Waals surface area contributed by atoms with Crippen molar-refractivity contribution in [3.8, 4) is 0 Å². The molecule has 0 amide bonds. The zero-order chi connectivity index (χ0) is 16.1. The molecule has 2 aromatic carbocycles. The van der Waals surface area contributed by atoms with Crippen LogP contribution in [0.2, 0.25) is 0 Å². The molecule has 0 radical (unpaired) electrons. The molecule has 122 valence electrons. The summed E-state index contributed by atoms with van der Waals surface area (Å²) in [5, 5.41) is 12.7. The molecule has 1 saturated heterocycles. The highest BCUT2D eigenvalue weighted by molar-refractivity contribution is 5.46. The van der Waals surface area contributed by atoms with E-state index in [0.29, 0.717) is 18.2 Å². The van der Waals surface area contributed by atoms with Gasteiger partial charge in [-0.3, -0.25) is 0 Å². The molecular weight excluding hydrogens is 291 g/mol. The maximum atomic E-state index is 13.4. The molecule has 1 heterocycles. The number of para-hydroxylation sites is 1. The number of hydrogen-bond donors (Lipinski definition) is 2. The van der Waals surface area contributed by atoms with Gasteiger partial charge in [0.15, 0.2) is 0 Å². The van der Waals surface area contributed by atoms with Gasteiger partial charge in [-0.05, 0) is 42.7 Å². The van der Waals surface area contributed by atoms with Crippen LogP contribution >= 0.6 is 0 Å². The summed E-state index contributed by atoms with van der Waals surface area (Å²) in [5.74, 6) is -0.340. The number of aliphatic hydroxyl groups excluding tert-OH is 1. The van der Waals surface area contributed by atoms with E-state index >= 15 is 0 Å². The number of rotatable bonds is 5. The molecular formula is C19H23FN2O. The lowest BCUT2D eigenvalue weighted by atomic mass is 10.0. The summed E-state index contributed by atoms with van der Waals surface area (Å²) in [6, 6.07) is 15.9. The van der Waals surface area contributed by atoms with Gasteiger partial charge >= 0.3 is 0 Å². The Morgan fingerprint density at radius 1 is 1.09 bits per heavy atom. The van der Waals surface area contributed by atoms with E-state index in [9.17, 15) is 4.39 Å². The number of benzene rings is 2. The number of halogens is 1. The number of piperidine rings is 1. The van der Waals surface area contributed by atoms with Crippen LogP contribution in [-0.4, -0.2) is 24.2 Å². The van der Waals surface area contributed by atoms with E-state index < -0.39 is 0 Å². The minimum Gasteiger partial charge on any atom is -0.392 e. The third-order valence-electron chi connectivity index (χ3n) is 4.49. The molecule has 3 rings (SSSR count). The number of anilines is 1. The number of hydrogen-bond acceptors (Lipinski definition) is 3. The number of nitrogens with one attached hydrogen (secondary N) is 1. The van der Waals surface area contributed by atoms with E-state index in [4.69, 9.17) is 5.11 Å². The van der Waals surface area contributed by atoms with E-state index in [1.165, 1.54) is 11.8 Å². The molecule has 2 N–H and O–H groups in total. The molecule has 23 heavy (non-hydrogen) atoms. The maximum absolute atomic E-state index is 13.4. The Morgan fingerprint density at radius 2 is 1.83 bits per heavy atom. The van der Waals surface area contributed by atoms with Crippen molar-refractivity contribution in [2.24, 2.45) is 0 Å². The smallest absolute Gasteiger partial charge is 0.128 e. The van der Waals surface area contributed by atoms with Crippen LogP contribution in [0.15, 0.2) is 48.5 Å². The summed E-state index contributed by atoms with van der Waals surface area (Å²) >= 11 is 0. The van der Waals surface area contributed by atoms with Crippen LogP contribution in [0, 0.1) is 5.82 Å². The Labute approximate surface area is 136 Å². The highest BCUT2D eigenvalue weighted by atomic mass is 19.1. The zero-order valence-electron chi connectivity index (χ0n) is 13.2. The Hall–Kier alpha value is -1.91. The van der Waals surface area contributed by atoms with Crippen molar-refractivity contribution in [2.45, 2.75) is 32.0 Å². The summed E-state index contributed by atoms with van der Waals surface area (Å²) in [4.78, 5) is 2.42. The minimum atomic E-state index is -0.340. The topological polar surface area (TPSA) is 35.5 Å². The second kappa shape index (κ2) is 7.57. The first-order valence-corrected chi connectivity index (χ1v) is 8.18. The van der Waals surface area contributed by atoms with Gasteiger partial charge in [0.1, 0.15) is 5.82 Å². The summed E-state index contributed by atoms with van der Waals surface area (Å²) in [7, 11) is 0. The molecule has 3 nitrogen and oxygen atoms in total. The van der Waals surface area contributed by atoms with Crippen LogP contribution in [0.25, 0.3) is 0 Å². The molecule has 4 heteroatoms. The molecule has 0 spiro atoms. The number of nitrogens with zero attached hydrogens (tertiary/aromatic N) is 1. The molecule has 0 unspecified atom stereocenters. The SMILES string of the molecule is OCc1cc(CNC2CCN(c3ccccc3)CC2)ccc1F. The number of aliphatic hydroxyl groups is 1. The molecule has 1 aliphatic rings. The summed E-state index contributed by atoms with van der Waals surface area (Å²) in [5.41, 5.74) is 2.67. The fourth-order valence-electron chi connectivity index (χ4n) is 3.10. The molecule has 0 atom stereocenters. The summed E-state index contributed by atoms with van der Waals surface area (Å²) < 4.78 is 13.4. The van der Waals surface area contributed by atoms with Gasteiger partial charge in [-0.1, -0.05) is 24.3 Å². The van der Waals surface area contributed by atoms with E-state index in [2.05, 4.69) is 34.5 Å². The van der Waals surface area contributed by atoms with E-state index in [0.717, 1.165) is 31.5 Å². The fraction of sp³-hybridized carbons (Fsp3) is 0.368. The highest BCUT2D eigenvalue weighted by Gasteiger charge is 2.18. The first-order chi connectivity index (χ1) is 11.3. The second-order valence-corrected chi connectivity index (χ2v) is 6.06. The van der Waals surface area contributed by atoms with Crippen LogP contribution in [0.3, 0.4) is 0 Å². The molecule has 1 aliphatic heterocycles. The van der Waals surface area contributed by atoms with Crippen LogP contribution in [0.5, 0.6) is 0 Å². The van der Waals surface area contributed by atoms with Gasteiger partial charge in [-0.25, -0.2) is 4.39 Å². The Kier molecular flexibility index (Phi) is 5.26.